The van der Waals surface area contributed by atoms with Gasteiger partial charge in [0.05, 0.1) is 11.9 Å². The van der Waals surface area contributed by atoms with Crippen LogP contribution in [0, 0.1) is 5.92 Å². The van der Waals surface area contributed by atoms with E-state index in [9.17, 15) is 0 Å². The second-order valence-electron chi connectivity index (χ2n) is 6.33. The maximum absolute atomic E-state index is 6.31. The third kappa shape index (κ3) is 4.16. The van der Waals surface area contributed by atoms with Gasteiger partial charge >= 0.3 is 0 Å². The second-order valence-corrected chi connectivity index (χ2v) is 6.33. The quantitative estimate of drug-likeness (QED) is 0.868. The molecule has 0 spiro atoms. The van der Waals surface area contributed by atoms with Crippen LogP contribution >= 0.6 is 0 Å². The molecule has 0 saturated heterocycles. The van der Waals surface area contributed by atoms with Gasteiger partial charge in [-0.2, -0.15) is 0 Å². The molecule has 1 aliphatic rings. The molecule has 1 saturated carbocycles. The van der Waals surface area contributed by atoms with E-state index < -0.39 is 0 Å². The van der Waals surface area contributed by atoms with Gasteiger partial charge in [-0.1, -0.05) is 27.2 Å². The number of hydrogen-bond acceptors (Lipinski definition) is 4. The normalized spacial score (nSPS) is 22.5. The number of nitrogens with zero attached hydrogens (tertiary/aromatic N) is 2. The minimum absolute atomic E-state index is 0.327. The van der Waals surface area contributed by atoms with Crippen molar-refractivity contribution in [1.82, 2.24) is 15.3 Å². The number of rotatable bonds is 6. The van der Waals surface area contributed by atoms with Gasteiger partial charge in [0.2, 0.25) is 0 Å². The van der Waals surface area contributed by atoms with E-state index in [4.69, 9.17) is 4.74 Å². The summed E-state index contributed by atoms with van der Waals surface area (Å²) in [6.07, 6.45) is 8.44. The average Bonchev–Trinajstić information content (AvgIpc) is 2.49. The highest BCUT2D eigenvalue weighted by Crippen LogP contribution is 2.31. The first-order valence-electron chi connectivity index (χ1n) is 8.32. The van der Waals surface area contributed by atoms with Crippen molar-refractivity contribution in [2.45, 2.75) is 71.4 Å². The van der Waals surface area contributed by atoms with Crippen molar-refractivity contribution in [1.29, 1.82) is 0 Å². The topological polar surface area (TPSA) is 47.0 Å². The van der Waals surface area contributed by atoms with Crippen LogP contribution in [0.5, 0.6) is 5.75 Å². The Hall–Kier alpha value is -1.16. The molecule has 1 fully saturated rings. The molecule has 4 heteroatoms. The minimum atomic E-state index is 0.327. The molecule has 4 nitrogen and oxygen atoms in total. The molecule has 1 aliphatic carbocycles. The fourth-order valence-corrected chi connectivity index (χ4v) is 3.05. The molecule has 21 heavy (non-hydrogen) atoms. The van der Waals surface area contributed by atoms with Gasteiger partial charge in [-0.15, -0.1) is 0 Å². The van der Waals surface area contributed by atoms with Gasteiger partial charge < -0.3 is 10.1 Å². The van der Waals surface area contributed by atoms with E-state index in [0.29, 0.717) is 17.9 Å². The van der Waals surface area contributed by atoms with E-state index >= 15 is 0 Å². The smallest absolute Gasteiger partial charge is 0.160 e. The molecule has 0 aromatic carbocycles. The Bertz CT molecular complexity index is 448. The fraction of sp³-hybridized carbons (Fsp3) is 0.765. The molecule has 1 aromatic rings. The van der Waals surface area contributed by atoms with Crippen molar-refractivity contribution >= 4 is 0 Å². The van der Waals surface area contributed by atoms with Gasteiger partial charge in [-0.3, -0.25) is 0 Å². The molecule has 2 rings (SSSR count). The highest BCUT2D eigenvalue weighted by Gasteiger charge is 2.26. The van der Waals surface area contributed by atoms with Crippen molar-refractivity contribution in [2.24, 2.45) is 5.92 Å². The summed E-state index contributed by atoms with van der Waals surface area (Å²) in [5.74, 6) is 2.76. The summed E-state index contributed by atoms with van der Waals surface area (Å²) < 4.78 is 6.31. The highest BCUT2D eigenvalue weighted by atomic mass is 16.5. The zero-order chi connectivity index (χ0) is 15.2. The summed E-state index contributed by atoms with van der Waals surface area (Å²) in [6, 6.07) is 0. The highest BCUT2D eigenvalue weighted by molar-refractivity contribution is 5.26. The summed E-state index contributed by atoms with van der Waals surface area (Å²) >= 11 is 0. The van der Waals surface area contributed by atoms with Crippen LogP contribution in [0.25, 0.3) is 0 Å². The number of hydrogen-bond donors (Lipinski definition) is 1. The molecule has 0 aliphatic heterocycles. The van der Waals surface area contributed by atoms with E-state index in [1.165, 1.54) is 25.7 Å². The first kappa shape index (κ1) is 16.2. The second kappa shape index (κ2) is 7.74. The van der Waals surface area contributed by atoms with Gasteiger partial charge in [0, 0.05) is 12.5 Å². The predicted molar refractivity (Wildman–Crippen MR) is 85.5 cm³/mol. The summed E-state index contributed by atoms with van der Waals surface area (Å²) in [4.78, 5) is 9.15. The van der Waals surface area contributed by atoms with Crippen LogP contribution in [0.2, 0.25) is 0 Å². The molecule has 118 valence electrons. The van der Waals surface area contributed by atoms with E-state index in [-0.39, 0.29) is 0 Å². The van der Waals surface area contributed by atoms with E-state index in [1.807, 2.05) is 13.2 Å². The third-order valence-electron chi connectivity index (χ3n) is 4.35. The lowest BCUT2D eigenvalue weighted by Gasteiger charge is -2.31. The average molecular weight is 291 g/mol. The third-order valence-corrected chi connectivity index (χ3v) is 4.35. The lowest BCUT2D eigenvalue weighted by molar-refractivity contribution is 0.0883. The van der Waals surface area contributed by atoms with Gasteiger partial charge in [0.15, 0.2) is 5.75 Å². The first-order valence-corrected chi connectivity index (χ1v) is 8.32. The first-order chi connectivity index (χ1) is 10.2. The summed E-state index contributed by atoms with van der Waals surface area (Å²) in [5.41, 5.74) is 0.983. The van der Waals surface area contributed by atoms with Crippen molar-refractivity contribution in [2.75, 3.05) is 7.05 Å². The zero-order valence-electron chi connectivity index (χ0n) is 13.9. The molecule has 2 atom stereocenters. The number of nitrogens with one attached hydrogen (secondary N) is 1. The van der Waals surface area contributed by atoms with Crippen molar-refractivity contribution in [3.63, 3.8) is 0 Å². The molecule has 1 heterocycles. The van der Waals surface area contributed by atoms with Gasteiger partial charge in [0.1, 0.15) is 11.9 Å². The largest absolute Gasteiger partial charge is 0.487 e. The molecule has 2 unspecified atom stereocenters. The van der Waals surface area contributed by atoms with Crippen LogP contribution in [-0.2, 0) is 6.54 Å². The van der Waals surface area contributed by atoms with Crippen LogP contribution < -0.4 is 10.1 Å². The van der Waals surface area contributed by atoms with E-state index in [0.717, 1.165) is 30.2 Å². The Labute approximate surface area is 128 Å². The number of aromatic nitrogens is 2. The van der Waals surface area contributed by atoms with Gasteiger partial charge in [0.25, 0.3) is 0 Å². The summed E-state index contributed by atoms with van der Waals surface area (Å²) in [5, 5.41) is 3.18. The van der Waals surface area contributed by atoms with E-state index in [2.05, 4.69) is 36.1 Å². The Balaban J connectivity index is 2.17. The molecule has 1 aromatic heterocycles. The maximum Gasteiger partial charge on any atom is 0.160 e. The van der Waals surface area contributed by atoms with Gasteiger partial charge in [-0.05, 0) is 38.6 Å². The molecular formula is C17H29N3O. The Morgan fingerprint density at radius 2 is 2.10 bits per heavy atom. The molecular weight excluding hydrogens is 262 g/mol. The minimum Gasteiger partial charge on any atom is -0.487 e. The monoisotopic (exact) mass is 291 g/mol. The van der Waals surface area contributed by atoms with Crippen LogP contribution in [0.1, 0.15) is 70.3 Å². The Kier molecular flexibility index (Phi) is 5.97. The van der Waals surface area contributed by atoms with Crippen molar-refractivity contribution < 1.29 is 4.74 Å². The van der Waals surface area contributed by atoms with Crippen LogP contribution in [-0.4, -0.2) is 23.1 Å². The van der Waals surface area contributed by atoms with Gasteiger partial charge in [-0.25, -0.2) is 9.97 Å². The predicted octanol–water partition coefficient (Wildman–Crippen LogP) is 3.67. The lowest BCUT2D eigenvalue weighted by atomic mass is 9.85. The SMILES string of the molecule is CCC1CCCCC1Oc1cnc(C(C)C)nc1CNC. The standard InChI is InChI=1S/C17H29N3O/c1-5-13-8-6-7-9-15(13)21-16-11-19-17(12(2)3)20-14(16)10-18-4/h11-13,15,18H,5-10H2,1-4H3. The Morgan fingerprint density at radius 1 is 1.33 bits per heavy atom. The maximum atomic E-state index is 6.31. The van der Waals surface area contributed by atoms with Crippen LogP contribution in [0.4, 0.5) is 0 Å². The van der Waals surface area contributed by atoms with Crippen LogP contribution in [0.15, 0.2) is 6.20 Å². The van der Waals surface area contributed by atoms with Crippen molar-refractivity contribution in [3.05, 3.63) is 17.7 Å². The fourth-order valence-electron chi connectivity index (χ4n) is 3.05. The summed E-state index contributed by atoms with van der Waals surface area (Å²) in [7, 11) is 1.94. The summed E-state index contributed by atoms with van der Waals surface area (Å²) in [6.45, 7) is 7.22. The molecule has 0 bridgehead atoms. The molecule has 0 amide bonds. The zero-order valence-corrected chi connectivity index (χ0v) is 13.9. The Morgan fingerprint density at radius 3 is 2.76 bits per heavy atom. The molecule has 1 N–H and O–H groups in total. The van der Waals surface area contributed by atoms with Crippen molar-refractivity contribution in [3.8, 4) is 5.75 Å². The number of ether oxygens (including phenoxy) is 1. The molecule has 0 radical (unpaired) electrons. The van der Waals surface area contributed by atoms with E-state index in [1.54, 1.807) is 0 Å². The lowest BCUT2D eigenvalue weighted by Crippen LogP contribution is -2.30. The van der Waals surface area contributed by atoms with Crippen LogP contribution in [0.3, 0.4) is 0 Å².